The quantitative estimate of drug-likeness (QED) is 0.337. The number of phenols is 1. The van der Waals surface area contributed by atoms with E-state index in [1.165, 1.54) is 23.3 Å². The Morgan fingerprint density at radius 2 is 2.03 bits per heavy atom. The lowest BCUT2D eigenvalue weighted by Gasteiger charge is -2.16. The number of carbonyl (C=O) groups is 1. The van der Waals surface area contributed by atoms with Crippen LogP contribution in [0.25, 0.3) is 11.2 Å². The van der Waals surface area contributed by atoms with E-state index in [2.05, 4.69) is 32.1 Å². The first-order valence-electron chi connectivity index (χ1n) is 8.98. The Bertz CT molecular complexity index is 1150. The normalized spacial score (nSPS) is 23.1. The number of nitrogens with zero attached hydrogens (tertiary/aromatic N) is 4. The molecule has 3 heterocycles. The van der Waals surface area contributed by atoms with Gasteiger partial charge in [0.15, 0.2) is 17.7 Å². The largest absolute Gasteiger partial charge is 0.507 e. The Morgan fingerprint density at radius 3 is 2.83 bits per heavy atom. The van der Waals surface area contributed by atoms with Crippen molar-refractivity contribution in [3.63, 3.8) is 0 Å². The van der Waals surface area contributed by atoms with Crippen molar-refractivity contribution in [2.75, 3.05) is 12.3 Å². The molecule has 0 radical (unpaired) electrons. The van der Waals surface area contributed by atoms with Gasteiger partial charge in [0.2, 0.25) is 0 Å². The molecule has 1 aliphatic heterocycles. The summed E-state index contributed by atoms with van der Waals surface area (Å²) in [4.78, 5) is 24.0. The predicted octanol–water partition coefficient (Wildman–Crippen LogP) is -1.10. The summed E-state index contributed by atoms with van der Waals surface area (Å²) in [6.45, 7) is -0.0905. The lowest BCUT2D eigenvalue weighted by Crippen LogP contribution is -2.39. The summed E-state index contributed by atoms with van der Waals surface area (Å²) in [5, 5.41) is 32.9. The summed E-state index contributed by atoms with van der Waals surface area (Å²) >= 11 is 0. The van der Waals surface area contributed by atoms with Crippen molar-refractivity contribution in [2.45, 2.75) is 24.5 Å². The lowest BCUT2D eigenvalue weighted by molar-refractivity contribution is -0.116. The van der Waals surface area contributed by atoms with Crippen LogP contribution in [0.15, 0.2) is 36.9 Å². The van der Waals surface area contributed by atoms with Crippen molar-refractivity contribution in [2.24, 2.45) is 0 Å². The van der Waals surface area contributed by atoms with Gasteiger partial charge >= 0.3 is 0 Å². The van der Waals surface area contributed by atoms with Gasteiger partial charge in [0.25, 0.3) is 5.91 Å². The molecule has 3 aromatic rings. The Balaban J connectivity index is 1.43. The minimum Gasteiger partial charge on any atom is -0.507 e. The number of imidazole rings is 1. The Kier molecular flexibility index (Phi) is 5.20. The SMILES string of the molecule is Nc1ncnc2c1ncn2[C@@H]1O[C@H](CNC(=O)C#Cc2ccccc2O)[C@H](O)C1O. The fraction of sp³-hybridized carbons (Fsp3) is 0.263. The fourth-order valence-electron chi connectivity index (χ4n) is 3.12. The molecular formula is C19H18N6O5. The van der Waals surface area contributed by atoms with Crippen molar-refractivity contribution in [1.82, 2.24) is 24.8 Å². The molecule has 1 unspecified atom stereocenters. The predicted molar refractivity (Wildman–Crippen MR) is 104 cm³/mol. The second-order valence-corrected chi connectivity index (χ2v) is 6.61. The third kappa shape index (κ3) is 3.62. The van der Waals surface area contributed by atoms with Crippen molar-refractivity contribution < 1.29 is 24.9 Å². The van der Waals surface area contributed by atoms with Crippen molar-refractivity contribution in [3.8, 4) is 17.6 Å². The van der Waals surface area contributed by atoms with E-state index in [0.717, 1.165) is 0 Å². The number of aliphatic hydroxyl groups is 2. The van der Waals surface area contributed by atoms with Crippen LogP contribution < -0.4 is 11.1 Å². The number of carbonyl (C=O) groups excluding carboxylic acids is 1. The zero-order valence-electron chi connectivity index (χ0n) is 15.5. The number of anilines is 1. The maximum absolute atomic E-state index is 12.0. The van der Waals surface area contributed by atoms with E-state index < -0.39 is 30.4 Å². The number of nitrogens with one attached hydrogen (secondary N) is 1. The molecule has 0 aliphatic carbocycles. The molecule has 0 spiro atoms. The first-order chi connectivity index (χ1) is 14.5. The highest BCUT2D eigenvalue weighted by Gasteiger charge is 2.44. The summed E-state index contributed by atoms with van der Waals surface area (Å²) in [5.74, 6) is 4.44. The van der Waals surface area contributed by atoms with Crippen molar-refractivity contribution >= 4 is 22.9 Å². The number of para-hydroxylation sites is 1. The summed E-state index contributed by atoms with van der Waals surface area (Å²) in [7, 11) is 0. The Hall–Kier alpha value is -3.72. The van der Waals surface area contributed by atoms with E-state index in [1.807, 2.05) is 0 Å². The number of aromatic hydroxyl groups is 1. The third-order valence-electron chi connectivity index (χ3n) is 4.68. The molecule has 1 aliphatic rings. The monoisotopic (exact) mass is 410 g/mol. The van der Waals surface area contributed by atoms with Gasteiger partial charge in [0.05, 0.1) is 11.9 Å². The molecule has 6 N–H and O–H groups in total. The van der Waals surface area contributed by atoms with E-state index in [-0.39, 0.29) is 18.1 Å². The molecule has 154 valence electrons. The van der Waals surface area contributed by atoms with E-state index in [9.17, 15) is 20.1 Å². The average Bonchev–Trinajstić information content (AvgIpc) is 3.28. The van der Waals surface area contributed by atoms with Crippen LogP contribution in [-0.4, -0.2) is 65.6 Å². The summed E-state index contributed by atoms with van der Waals surface area (Å²) < 4.78 is 7.17. The fourth-order valence-corrected chi connectivity index (χ4v) is 3.12. The highest BCUT2D eigenvalue weighted by molar-refractivity contribution is 5.94. The molecule has 4 rings (SSSR count). The van der Waals surface area contributed by atoms with Crippen LogP contribution in [0.5, 0.6) is 5.75 Å². The topological polar surface area (TPSA) is 169 Å². The summed E-state index contributed by atoms with van der Waals surface area (Å²) in [5.41, 5.74) is 6.77. The van der Waals surface area contributed by atoms with Crippen LogP contribution in [0.4, 0.5) is 5.82 Å². The molecule has 11 heteroatoms. The third-order valence-corrected chi connectivity index (χ3v) is 4.68. The molecule has 2 aromatic heterocycles. The standard InChI is InChI=1S/C19H18N6O5/c20-17-14-18(23-8-22-17)25(9-24-14)19-16(29)15(28)12(30-19)7-21-13(27)6-5-10-3-1-2-4-11(10)26/h1-4,8-9,12,15-16,19,26,28-29H,7H2,(H,21,27)(H2,20,22,23)/t12-,15+,16?,19-/m1/s1. The van der Waals surface area contributed by atoms with Crippen LogP contribution >= 0.6 is 0 Å². The Labute approximate surface area is 170 Å². The lowest BCUT2D eigenvalue weighted by atomic mass is 10.1. The number of phenolic OH excluding ortho intramolecular Hbond substituents is 1. The van der Waals surface area contributed by atoms with Crippen molar-refractivity contribution in [1.29, 1.82) is 0 Å². The Morgan fingerprint density at radius 1 is 1.23 bits per heavy atom. The molecule has 4 atom stereocenters. The summed E-state index contributed by atoms with van der Waals surface area (Å²) in [6.07, 6.45) is -1.78. The van der Waals surface area contributed by atoms with Crippen molar-refractivity contribution in [3.05, 3.63) is 42.5 Å². The number of benzene rings is 1. The van der Waals surface area contributed by atoms with Gasteiger partial charge in [-0.2, -0.15) is 0 Å². The zero-order valence-corrected chi connectivity index (χ0v) is 15.5. The van der Waals surface area contributed by atoms with E-state index in [0.29, 0.717) is 16.7 Å². The number of hydrogen-bond acceptors (Lipinski definition) is 9. The van der Waals surface area contributed by atoms with Gasteiger partial charge in [-0.25, -0.2) is 15.0 Å². The smallest absolute Gasteiger partial charge is 0.296 e. The number of ether oxygens (including phenoxy) is 1. The maximum Gasteiger partial charge on any atom is 0.296 e. The molecule has 1 fully saturated rings. The van der Waals surface area contributed by atoms with Gasteiger partial charge < -0.3 is 31.1 Å². The van der Waals surface area contributed by atoms with E-state index in [1.54, 1.807) is 18.2 Å². The maximum atomic E-state index is 12.0. The zero-order chi connectivity index (χ0) is 21.3. The van der Waals surface area contributed by atoms with Crippen LogP contribution in [-0.2, 0) is 9.53 Å². The molecule has 1 aromatic carbocycles. The number of hydrogen-bond donors (Lipinski definition) is 5. The summed E-state index contributed by atoms with van der Waals surface area (Å²) in [6, 6.07) is 6.37. The number of aliphatic hydroxyl groups excluding tert-OH is 2. The number of nitrogen functional groups attached to an aromatic ring is 1. The van der Waals surface area contributed by atoms with Gasteiger partial charge in [-0.1, -0.05) is 18.1 Å². The second kappa shape index (κ2) is 7.96. The molecule has 30 heavy (non-hydrogen) atoms. The van der Waals surface area contributed by atoms with Crippen LogP contribution in [0.1, 0.15) is 11.8 Å². The average molecular weight is 410 g/mol. The van der Waals surface area contributed by atoms with Crippen LogP contribution in [0.3, 0.4) is 0 Å². The molecule has 1 saturated heterocycles. The van der Waals surface area contributed by atoms with Gasteiger partial charge in [-0.3, -0.25) is 9.36 Å². The van der Waals surface area contributed by atoms with Crippen LogP contribution in [0.2, 0.25) is 0 Å². The molecule has 1 amide bonds. The highest BCUT2D eigenvalue weighted by atomic mass is 16.6. The minimum atomic E-state index is -1.28. The van der Waals surface area contributed by atoms with Gasteiger partial charge in [-0.05, 0) is 12.1 Å². The minimum absolute atomic E-state index is 0.0321. The second-order valence-electron chi connectivity index (χ2n) is 6.61. The van der Waals surface area contributed by atoms with E-state index >= 15 is 0 Å². The number of fused-ring (bicyclic) bond motifs is 1. The highest BCUT2D eigenvalue weighted by Crippen LogP contribution is 2.31. The van der Waals surface area contributed by atoms with Gasteiger partial charge in [0, 0.05) is 12.5 Å². The van der Waals surface area contributed by atoms with E-state index in [4.69, 9.17) is 10.5 Å². The first kappa shape index (κ1) is 19.6. The van der Waals surface area contributed by atoms with Gasteiger partial charge in [0.1, 0.15) is 35.9 Å². The molecular weight excluding hydrogens is 392 g/mol. The number of aromatic nitrogens is 4. The van der Waals surface area contributed by atoms with Crippen LogP contribution in [0, 0.1) is 11.8 Å². The molecule has 0 saturated carbocycles. The first-order valence-corrected chi connectivity index (χ1v) is 8.98. The number of rotatable bonds is 3. The number of amides is 1. The molecule has 0 bridgehead atoms. The molecule has 11 nitrogen and oxygen atoms in total. The van der Waals surface area contributed by atoms with Gasteiger partial charge in [-0.15, -0.1) is 0 Å². The number of nitrogens with two attached hydrogens (primary N) is 1.